The topological polar surface area (TPSA) is 20.2 Å². The van der Waals surface area contributed by atoms with E-state index in [2.05, 4.69) is 0 Å². The third kappa shape index (κ3) is 1.63. The Morgan fingerprint density at radius 1 is 0.667 bits per heavy atom. The maximum Gasteiger partial charge on any atom is 0.131 e. The van der Waals surface area contributed by atoms with E-state index in [9.17, 15) is 9.50 Å². The SMILES string of the molecule is Oc1ccccc1-c1ccc(F)c2ccccc12. The fraction of sp³-hybridized carbons (Fsp3) is 0. The first-order chi connectivity index (χ1) is 8.77. The van der Waals surface area contributed by atoms with Crippen LogP contribution in [0.4, 0.5) is 4.39 Å². The molecule has 0 unspecified atom stereocenters. The van der Waals surface area contributed by atoms with Gasteiger partial charge in [-0.15, -0.1) is 0 Å². The highest BCUT2D eigenvalue weighted by Crippen LogP contribution is 2.34. The van der Waals surface area contributed by atoms with Crippen molar-refractivity contribution >= 4 is 10.8 Å². The minimum atomic E-state index is -0.246. The van der Waals surface area contributed by atoms with Gasteiger partial charge in [0.2, 0.25) is 0 Å². The molecule has 3 aromatic rings. The van der Waals surface area contributed by atoms with Crippen molar-refractivity contribution in [1.29, 1.82) is 0 Å². The van der Waals surface area contributed by atoms with E-state index in [-0.39, 0.29) is 11.6 Å². The van der Waals surface area contributed by atoms with Gasteiger partial charge in [0.1, 0.15) is 11.6 Å². The molecule has 2 heteroatoms. The Labute approximate surface area is 104 Å². The average molecular weight is 238 g/mol. The van der Waals surface area contributed by atoms with Crippen LogP contribution in [0.1, 0.15) is 0 Å². The van der Waals surface area contributed by atoms with Crippen LogP contribution in [-0.4, -0.2) is 5.11 Å². The molecule has 0 bridgehead atoms. The lowest BCUT2D eigenvalue weighted by Gasteiger charge is -2.09. The highest BCUT2D eigenvalue weighted by atomic mass is 19.1. The minimum Gasteiger partial charge on any atom is -0.507 e. The molecule has 0 aliphatic rings. The molecule has 0 spiro atoms. The van der Waals surface area contributed by atoms with E-state index in [1.807, 2.05) is 24.3 Å². The smallest absolute Gasteiger partial charge is 0.131 e. The van der Waals surface area contributed by atoms with Gasteiger partial charge in [-0.05, 0) is 23.1 Å². The zero-order valence-corrected chi connectivity index (χ0v) is 9.60. The molecule has 0 amide bonds. The summed E-state index contributed by atoms with van der Waals surface area (Å²) in [5.74, 6) is -0.0426. The fourth-order valence-corrected chi connectivity index (χ4v) is 2.20. The van der Waals surface area contributed by atoms with E-state index in [1.54, 1.807) is 30.3 Å². The van der Waals surface area contributed by atoms with Crippen LogP contribution in [0.15, 0.2) is 60.7 Å². The Morgan fingerprint density at radius 2 is 1.33 bits per heavy atom. The molecule has 3 rings (SSSR count). The van der Waals surface area contributed by atoms with Crippen molar-refractivity contribution in [3.8, 4) is 16.9 Å². The molecular weight excluding hydrogens is 227 g/mol. The molecule has 18 heavy (non-hydrogen) atoms. The van der Waals surface area contributed by atoms with Gasteiger partial charge in [0.05, 0.1) is 0 Å². The average Bonchev–Trinajstić information content (AvgIpc) is 2.41. The fourth-order valence-electron chi connectivity index (χ4n) is 2.20. The van der Waals surface area contributed by atoms with Crippen LogP contribution in [0.2, 0.25) is 0 Å². The number of halogens is 1. The Morgan fingerprint density at radius 3 is 2.11 bits per heavy atom. The lowest BCUT2D eigenvalue weighted by molar-refractivity contribution is 0.477. The molecule has 0 heterocycles. The second-order valence-electron chi connectivity index (χ2n) is 4.16. The van der Waals surface area contributed by atoms with Gasteiger partial charge >= 0.3 is 0 Å². The van der Waals surface area contributed by atoms with Crippen molar-refractivity contribution < 1.29 is 9.50 Å². The number of fused-ring (bicyclic) bond motifs is 1. The molecule has 1 nitrogen and oxygen atoms in total. The molecule has 0 atom stereocenters. The molecule has 0 aliphatic carbocycles. The van der Waals surface area contributed by atoms with Crippen molar-refractivity contribution in [2.75, 3.05) is 0 Å². The summed E-state index contributed by atoms with van der Waals surface area (Å²) in [6.07, 6.45) is 0. The van der Waals surface area contributed by atoms with E-state index < -0.39 is 0 Å². The molecule has 3 aromatic carbocycles. The van der Waals surface area contributed by atoms with Crippen molar-refractivity contribution in [2.24, 2.45) is 0 Å². The molecule has 0 saturated heterocycles. The predicted octanol–water partition coefficient (Wildman–Crippen LogP) is 4.35. The largest absolute Gasteiger partial charge is 0.507 e. The Hall–Kier alpha value is -2.35. The van der Waals surface area contributed by atoms with E-state index in [1.165, 1.54) is 6.07 Å². The number of hydrogen-bond donors (Lipinski definition) is 1. The Balaban J connectivity index is 2.38. The molecule has 0 aliphatic heterocycles. The zero-order chi connectivity index (χ0) is 12.5. The summed E-state index contributed by atoms with van der Waals surface area (Å²) in [4.78, 5) is 0. The number of phenolic OH excluding ortho intramolecular Hbond substituents is 1. The van der Waals surface area contributed by atoms with Crippen LogP contribution in [-0.2, 0) is 0 Å². The summed E-state index contributed by atoms with van der Waals surface area (Å²) in [6.45, 7) is 0. The first-order valence-electron chi connectivity index (χ1n) is 5.73. The number of para-hydroxylation sites is 1. The lowest BCUT2D eigenvalue weighted by atomic mass is 9.97. The molecule has 88 valence electrons. The van der Waals surface area contributed by atoms with Gasteiger partial charge in [0.25, 0.3) is 0 Å². The highest BCUT2D eigenvalue weighted by Gasteiger charge is 2.09. The number of aromatic hydroxyl groups is 1. The summed E-state index contributed by atoms with van der Waals surface area (Å²) in [5, 5.41) is 11.3. The summed E-state index contributed by atoms with van der Waals surface area (Å²) in [5.41, 5.74) is 1.55. The third-order valence-corrected chi connectivity index (χ3v) is 3.07. The van der Waals surface area contributed by atoms with Crippen LogP contribution < -0.4 is 0 Å². The lowest BCUT2D eigenvalue weighted by Crippen LogP contribution is -1.85. The first kappa shape index (κ1) is 10.8. The van der Waals surface area contributed by atoms with Crippen LogP contribution in [0, 0.1) is 5.82 Å². The minimum absolute atomic E-state index is 0.203. The summed E-state index contributed by atoms with van der Waals surface area (Å²) < 4.78 is 13.7. The standard InChI is InChI=1S/C16H11FO/c17-15-10-9-12(11-5-1-2-6-13(11)15)14-7-3-4-8-16(14)18/h1-10,18H. The quantitative estimate of drug-likeness (QED) is 0.668. The van der Waals surface area contributed by atoms with Gasteiger partial charge in [-0.1, -0.05) is 48.5 Å². The molecule has 0 saturated carbocycles. The summed E-state index contributed by atoms with van der Waals surface area (Å²) >= 11 is 0. The van der Waals surface area contributed by atoms with E-state index >= 15 is 0 Å². The second kappa shape index (κ2) is 4.15. The maximum absolute atomic E-state index is 13.7. The number of phenols is 1. The van der Waals surface area contributed by atoms with Crippen molar-refractivity contribution in [2.45, 2.75) is 0 Å². The molecule has 0 aromatic heterocycles. The van der Waals surface area contributed by atoms with Crippen LogP contribution in [0.25, 0.3) is 21.9 Å². The first-order valence-corrected chi connectivity index (χ1v) is 5.73. The van der Waals surface area contributed by atoms with E-state index in [0.29, 0.717) is 10.9 Å². The summed E-state index contributed by atoms with van der Waals surface area (Å²) in [6, 6.07) is 17.5. The second-order valence-corrected chi connectivity index (χ2v) is 4.16. The number of benzene rings is 3. The molecular formula is C16H11FO. The van der Waals surface area contributed by atoms with Crippen molar-refractivity contribution in [1.82, 2.24) is 0 Å². The normalized spacial score (nSPS) is 10.7. The van der Waals surface area contributed by atoms with Gasteiger partial charge in [-0.3, -0.25) is 0 Å². The molecule has 0 radical (unpaired) electrons. The number of hydrogen-bond acceptors (Lipinski definition) is 1. The van der Waals surface area contributed by atoms with Crippen LogP contribution in [0.3, 0.4) is 0 Å². The Kier molecular flexibility index (Phi) is 2.49. The third-order valence-electron chi connectivity index (χ3n) is 3.07. The Bertz CT molecular complexity index is 719. The zero-order valence-electron chi connectivity index (χ0n) is 9.60. The summed E-state index contributed by atoms with van der Waals surface area (Å²) in [7, 11) is 0. The molecule has 1 N–H and O–H groups in total. The van der Waals surface area contributed by atoms with Crippen molar-refractivity contribution in [3.05, 3.63) is 66.5 Å². The van der Waals surface area contributed by atoms with E-state index in [4.69, 9.17) is 0 Å². The van der Waals surface area contributed by atoms with Gasteiger partial charge < -0.3 is 5.11 Å². The highest BCUT2D eigenvalue weighted by molar-refractivity contribution is 5.98. The van der Waals surface area contributed by atoms with Gasteiger partial charge in [0, 0.05) is 10.9 Å². The van der Waals surface area contributed by atoms with Gasteiger partial charge in [-0.2, -0.15) is 0 Å². The van der Waals surface area contributed by atoms with Crippen LogP contribution >= 0.6 is 0 Å². The monoisotopic (exact) mass is 238 g/mol. The van der Waals surface area contributed by atoms with Gasteiger partial charge in [-0.25, -0.2) is 4.39 Å². The maximum atomic E-state index is 13.7. The van der Waals surface area contributed by atoms with E-state index in [0.717, 1.165) is 10.9 Å². The van der Waals surface area contributed by atoms with Crippen molar-refractivity contribution in [3.63, 3.8) is 0 Å². The number of rotatable bonds is 1. The predicted molar refractivity (Wildman–Crippen MR) is 71.0 cm³/mol. The van der Waals surface area contributed by atoms with Crippen LogP contribution in [0.5, 0.6) is 5.75 Å². The van der Waals surface area contributed by atoms with Gasteiger partial charge in [0.15, 0.2) is 0 Å². The molecule has 0 fully saturated rings.